The Hall–Kier alpha value is -0.530. The number of sulfone groups is 1. The van der Waals surface area contributed by atoms with Crippen LogP contribution in [0.25, 0.3) is 0 Å². The lowest BCUT2D eigenvalue weighted by Gasteiger charge is -2.37. The van der Waals surface area contributed by atoms with Gasteiger partial charge in [-0.15, -0.1) is 5.92 Å². The van der Waals surface area contributed by atoms with Crippen LogP contribution in [0, 0.1) is 11.8 Å². The van der Waals surface area contributed by atoms with Gasteiger partial charge in [-0.05, 0) is 20.8 Å². The van der Waals surface area contributed by atoms with E-state index in [2.05, 4.69) is 16.7 Å². The van der Waals surface area contributed by atoms with Crippen molar-refractivity contribution in [3.63, 3.8) is 0 Å². The molecule has 1 fully saturated rings. The van der Waals surface area contributed by atoms with Crippen molar-refractivity contribution in [1.29, 1.82) is 0 Å². The van der Waals surface area contributed by atoms with Crippen molar-refractivity contribution in [2.45, 2.75) is 26.3 Å². The highest BCUT2D eigenvalue weighted by atomic mass is 32.2. The third-order valence-electron chi connectivity index (χ3n) is 2.57. The number of rotatable bonds is 1. The van der Waals surface area contributed by atoms with Crippen LogP contribution in [0.4, 0.5) is 0 Å². The Morgan fingerprint density at radius 1 is 1.21 bits per heavy atom. The molecule has 1 saturated heterocycles. The van der Waals surface area contributed by atoms with Crippen LogP contribution < -0.4 is 0 Å². The van der Waals surface area contributed by atoms with Crippen LogP contribution in [0.15, 0.2) is 0 Å². The van der Waals surface area contributed by atoms with Gasteiger partial charge < -0.3 is 0 Å². The molecule has 0 aromatic rings. The van der Waals surface area contributed by atoms with Gasteiger partial charge in [0.2, 0.25) is 0 Å². The van der Waals surface area contributed by atoms with Crippen molar-refractivity contribution < 1.29 is 8.42 Å². The molecular formula is C10H17NO2S. The van der Waals surface area contributed by atoms with E-state index < -0.39 is 9.84 Å². The molecule has 1 aliphatic heterocycles. The average Bonchev–Trinajstić information content (AvgIpc) is 2.03. The highest BCUT2D eigenvalue weighted by Gasteiger charge is 2.30. The third kappa shape index (κ3) is 2.73. The summed E-state index contributed by atoms with van der Waals surface area (Å²) in [6, 6.07) is 0. The van der Waals surface area contributed by atoms with Crippen LogP contribution in [0.5, 0.6) is 0 Å². The third-order valence-corrected chi connectivity index (χ3v) is 4.18. The van der Waals surface area contributed by atoms with Gasteiger partial charge in [0.1, 0.15) is 0 Å². The van der Waals surface area contributed by atoms with Crippen LogP contribution in [-0.2, 0) is 9.84 Å². The van der Waals surface area contributed by atoms with Gasteiger partial charge in [-0.2, -0.15) is 0 Å². The lowest BCUT2D eigenvalue weighted by atomic mass is 10.0. The molecule has 1 aliphatic rings. The van der Waals surface area contributed by atoms with E-state index in [9.17, 15) is 8.42 Å². The minimum absolute atomic E-state index is 0.204. The molecule has 1 rings (SSSR count). The topological polar surface area (TPSA) is 37.4 Å². The van der Waals surface area contributed by atoms with Crippen LogP contribution in [0.1, 0.15) is 20.8 Å². The van der Waals surface area contributed by atoms with E-state index in [1.807, 2.05) is 20.8 Å². The normalized spacial score (nSPS) is 22.5. The van der Waals surface area contributed by atoms with Gasteiger partial charge in [-0.25, -0.2) is 8.42 Å². The summed E-state index contributed by atoms with van der Waals surface area (Å²) >= 11 is 0. The van der Waals surface area contributed by atoms with E-state index in [0.717, 1.165) is 0 Å². The zero-order valence-electron chi connectivity index (χ0n) is 9.00. The van der Waals surface area contributed by atoms with Gasteiger partial charge in [0.25, 0.3) is 0 Å². The van der Waals surface area contributed by atoms with Crippen molar-refractivity contribution in [2.24, 2.45) is 0 Å². The molecule has 0 spiro atoms. The molecule has 0 unspecified atom stereocenters. The van der Waals surface area contributed by atoms with E-state index in [1.54, 1.807) is 0 Å². The zero-order valence-corrected chi connectivity index (χ0v) is 9.82. The lowest BCUT2D eigenvalue weighted by Crippen LogP contribution is -2.50. The highest BCUT2D eigenvalue weighted by molar-refractivity contribution is 7.91. The minimum atomic E-state index is -2.78. The smallest absolute Gasteiger partial charge is 0.152 e. The Morgan fingerprint density at radius 3 is 2.14 bits per heavy atom. The summed E-state index contributed by atoms with van der Waals surface area (Å²) in [6.45, 7) is 7.07. The summed E-state index contributed by atoms with van der Waals surface area (Å²) < 4.78 is 22.4. The molecule has 14 heavy (non-hydrogen) atoms. The number of hydrogen-bond acceptors (Lipinski definition) is 3. The van der Waals surface area contributed by atoms with Gasteiger partial charge in [0, 0.05) is 13.1 Å². The first-order valence-electron chi connectivity index (χ1n) is 4.77. The fraction of sp³-hybridized carbons (Fsp3) is 0.800. The van der Waals surface area contributed by atoms with E-state index in [-0.39, 0.29) is 17.0 Å². The van der Waals surface area contributed by atoms with E-state index in [0.29, 0.717) is 13.1 Å². The summed E-state index contributed by atoms with van der Waals surface area (Å²) in [6.07, 6.45) is 0. The average molecular weight is 215 g/mol. The Balaban J connectivity index is 2.69. The zero-order chi connectivity index (χ0) is 10.8. The van der Waals surface area contributed by atoms with E-state index in [4.69, 9.17) is 0 Å². The highest BCUT2D eigenvalue weighted by Crippen LogP contribution is 2.16. The first kappa shape index (κ1) is 11.5. The summed E-state index contributed by atoms with van der Waals surface area (Å²) in [5, 5.41) is 0. The molecule has 0 radical (unpaired) electrons. The molecule has 0 amide bonds. The fourth-order valence-corrected chi connectivity index (χ4v) is 2.86. The molecule has 0 aliphatic carbocycles. The van der Waals surface area contributed by atoms with Gasteiger partial charge >= 0.3 is 0 Å². The second kappa shape index (κ2) is 3.92. The lowest BCUT2D eigenvalue weighted by molar-refractivity contribution is 0.185. The van der Waals surface area contributed by atoms with Gasteiger partial charge in [-0.1, -0.05) is 5.92 Å². The van der Waals surface area contributed by atoms with Crippen LogP contribution >= 0.6 is 0 Å². The molecule has 1 heterocycles. The quantitative estimate of drug-likeness (QED) is 0.598. The van der Waals surface area contributed by atoms with Crippen molar-refractivity contribution in [1.82, 2.24) is 4.90 Å². The maximum absolute atomic E-state index is 11.2. The monoisotopic (exact) mass is 215 g/mol. The maximum atomic E-state index is 11.2. The molecular weight excluding hydrogens is 198 g/mol. The summed E-state index contributed by atoms with van der Waals surface area (Å²) in [7, 11) is -2.78. The number of hydrogen-bond donors (Lipinski definition) is 0. The molecule has 3 nitrogen and oxygen atoms in total. The molecule has 0 aromatic carbocycles. The van der Waals surface area contributed by atoms with Gasteiger partial charge in [0.15, 0.2) is 9.84 Å². The van der Waals surface area contributed by atoms with E-state index >= 15 is 0 Å². The predicted molar refractivity (Wildman–Crippen MR) is 57.8 cm³/mol. The van der Waals surface area contributed by atoms with Crippen molar-refractivity contribution in [3.8, 4) is 11.8 Å². The largest absolute Gasteiger partial charge is 0.286 e. The van der Waals surface area contributed by atoms with Crippen LogP contribution in [-0.4, -0.2) is 43.5 Å². The summed E-state index contributed by atoms with van der Waals surface area (Å²) in [5.41, 5.74) is -0.204. The standard InChI is InChI=1S/C10H17NO2S/c1-4-5-10(2,3)11-6-8-14(12,13)9-7-11/h6-9H2,1-3H3. The second-order valence-corrected chi connectivity index (χ2v) is 6.38. The second-order valence-electron chi connectivity index (χ2n) is 4.07. The van der Waals surface area contributed by atoms with E-state index in [1.165, 1.54) is 0 Å². The molecule has 0 aromatic heterocycles. The Kier molecular flexibility index (Phi) is 3.23. The Bertz CT molecular complexity index is 345. The van der Waals surface area contributed by atoms with Crippen molar-refractivity contribution in [3.05, 3.63) is 0 Å². The number of nitrogens with zero attached hydrogens (tertiary/aromatic N) is 1. The maximum Gasteiger partial charge on any atom is 0.152 e. The predicted octanol–water partition coefficient (Wildman–Crippen LogP) is 0.519. The van der Waals surface area contributed by atoms with Gasteiger partial charge in [-0.3, -0.25) is 4.90 Å². The minimum Gasteiger partial charge on any atom is -0.286 e. The summed E-state index contributed by atoms with van der Waals surface area (Å²) in [4.78, 5) is 2.13. The molecule has 4 heteroatoms. The molecule has 0 N–H and O–H groups in total. The molecule has 0 atom stereocenters. The Labute approximate surface area is 86.4 Å². The summed E-state index contributed by atoms with van der Waals surface area (Å²) in [5.74, 6) is 6.52. The first-order chi connectivity index (χ1) is 6.37. The SMILES string of the molecule is CC#CC(C)(C)N1CCS(=O)(=O)CC1. The van der Waals surface area contributed by atoms with Crippen molar-refractivity contribution >= 4 is 9.84 Å². The molecule has 0 saturated carbocycles. The van der Waals surface area contributed by atoms with Crippen LogP contribution in [0.3, 0.4) is 0 Å². The van der Waals surface area contributed by atoms with Crippen LogP contribution in [0.2, 0.25) is 0 Å². The molecule has 0 bridgehead atoms. The molecule has 80 valence electrons. The fourth-order valence-electron chi connectivity index (χ4n) is 1.66. The Morgan fingerprint density at radius 2 is 1.71 bits per heavy atom. The van der Waals surface area contributed by atoms with Gasteiger partial charge in [0.05, 0.1) is 17.0 Å². The van der Waals surface area contributed by atoms with Crippen molar-refractivity contribution in [2.75, 3.05) is 24.6 Å². The first-order valence-corrected chi connectivity index (χ1v) is 6.59.